The van der Waals surface area contributed by atoms with Crippen LogP contribution in [0.25, 0.3) is 0 Å². The Labute approximate surface area is 107 Å². The van der Waals surface area contributed by atoms with E-state index in [0.29, 0.717) is 37.0 Å². The minimum atomic E-state index is 0.0594. The highest BCUT2D eigenvalue weighted by atomic mass is 16.6. The minimum absolute atomic E-state index is 0.0594. The van der Waals surface area contributed by atoms with Crippen molar-refractivity contribution in [1.82, 2.24) is 5.32 Å². The van der Waals surface area contributed by atoms with Crippen LogP contribution < -0.4 is 19.5 Å². The van der Waals surface area contributed by atoms with E-state index in [-0.39, 0.29) is 12.6 Å². The average Bonchev–Trinajstić information content (AvgIpc) is 2.43. The molecule has 5 nitrogen and oxygen atoms in total. The number of ether oxygens (including phenoxy) is 3. The van der Waals surface area contributed by atoms with Gasteiger partial charge in [0.2, 0.25) is 5.75 Å². The molecule has 0 aromatic heterocycles. The fraction of sp³-hybridized carbons (Fsp3) is 0.538. The van der Waals surface area contributed by atoms with Gasteiger partial charge in [0.15, 0.2) is 11.5 Å². The molecular weight excluding hydrogens is 234 g/mol. The highest BCUT2D eigenvalue weighted by Gasteiger charge is 2.18. The zero-order valence-corrected chi connectivity index (χ0v) is 10.7. The molecule has 0 radical (unpaired) electrons. The number of rotatable bonds is 5. The molecule has 1 aromatic carbocycles. The fourth-order valence-corrected chi connectivity index (χ4v) is 1.79. The van der Waals surface area contributed by atoms with Gasteiger partial charge >= 0.3 is 0 Å². The van der Waals surface area contributed by atoms with E-state index in [0.717, 1.165) is 5.56 Å². The molecule has 0 aliphatic carbocycles. The molecule has 1 aromatic rings. The van der Waals surface area contributed by atoms with Gasteiger partial charge in [-0.15, -0.1) is 0 Å². The fourth-order valence-electron chi connectivity index (χ4n) is 1.79. The van der Waals surface area contributed by atoms with Crippen LogP contribution in [-0.2, 0) is 6.54 Å². The van der Waals surface area contributed by atoms with Crippen LogP contribution in [0.15, 0.2) is 12.1 Å². The molecule has 1 atom stereocenters. The number of hydrogen-bond donors (Lipinski definition) is 2. The van der Waals surface area contributed by atoms with Crippen molar-refractivity contribution in [3.63, 3.8) is 0 Å². The van der Waals surface area contributed by atoms with Crippen LogP contribution in [-0.4, -0.2) is 38.1 Å². The second kappa shape index (κ2) is 5.93. The van der Waals surface area contributed by atoms with Gasteiger partial charge in [-0.3, -0.25) is 0 Å². The largest absolute Gasteiger partial charge is 0.493 e. The highest BCUT2D eigenvalue weighted by molar-refractivity contribution is 5.54. The van der Waals surface area contributed by atoms with E-state index < -0.39 is 0 Å². The maximum atomic E-state index is 8.97. The molecule has 0 saturated heterocycles. The molecule has 100 valence electrons. The first-order valence-corrected chi connectivity index (χ1v) is 6.05. The lowest BCUT2D eigenvalue weighted by atomic mass is 10.1. The van der Waals surface area contributed by atoms with E-state index in [4.69, 9.17) is 19.3 Å². The summed E-state index contributed by atoms with van der Waals surface area (Å²) in [6, 6.07) is 3.92. The highest BCUT2D eigenvalue weighted by Crippen LogP contribution is 2.40. The van der Waals surface area contributed by atoms with E-state index in [1.54, 1.807) is 7.11 Å². The smallest absolute Gasteiger partial charge is 0.203 e. The summed E-state index contributed by atoms with van der Waals surface area (Å²) >= 11 is 0. The molecule has 0 bridgehead atoms. The first-order chi connectivity index (χ1) is 8.74. The first-order valence-electron chi connectivity index (χ1n) is 6.05. The molecule has 1 aliphatic heterocycles. The summed E-state index contributed by atoms with van der Waals surface area (Å²) in [6.07, 6.45) is 0. The minimum Gasteiger partial charge on any atom is -0.493 e. The van der Waals surface area contributed by atoms with Gasteiger partial charge in [0.1, 0.15) is 13.2 Å². The molecule has 18 heavy (non-hydrogen) atoms. The number of aliphatic hydroxyl groups is 1. The van der Waals surface area contributed by atoms with Crippen LogP contribution in [0.1, 0.15) is 12.5 Å². The van der Waals surface area contributed by atoms with Crippen LogP contribution >= 0.6 is 0 Å². The second-order valence-corrected chi connectivity index (χ2v) is 4.29. The average molecular weight is 253 g/mol. The maximum Gasteiger partial charge on any atom is 0.203 e. The number of hydrogen-bond acceptors (Lipinski definition) is 5. The van der Waals surface area contributed by atoms with E-state index in [9.17, 15) is 0 Å². The van der Waals surface area contributed by atoms with Gasteiger partial charge in [0, 0.05) is 12.6 Å². The SMILES string of the molecule is COc1cc(CNC(C)CO)cc2c1OCCO2. The number of aliphatic hydroxyl groups excluding tert-OH is 1. The molecular formula is C13H19NO4. The van der Waals surface area contributed by atoms with Crippen molar-refractivity contribution in [1.29, 1.82) is 0 Å². The summed E-state index contributed by atoms with van der Waals surface area (Å²) in [4.78, 5) is 0. The molecule has 1 unspecified atom stereocenters. The van der Waals surface area contributed by atoms with E-state index in [1.165, 1.54) is 0 Å². The Morgan fingerprint density at radius 2 is 2.17 bits per heavy atom. The van der Waals surface area contributed by atoms with Crippen molar-refractivity contribution < 1.29 is 19.3 Å². The lowest BCUT2D eigenvalue weighted by molar-refractivity contribution is 0.165. The number of fused-ring (bicyclic) bond motifs is 1. The summed E-state index contributed by atoms with van der Waals surface area (Å²) in [7, 11) is 1.61. The molecule has 0 amide bonds. The van der Waals surface area contributed by atoms with Crippen molar-refractivity contribution in [3.05, 3.63) is 17.7 Å². The maximum absolute atomic E-state index is 8.97. The molecule has 5 heteroatoms. The summed E-state index contributed by atoms with van der Waals surface area (Å²) in [5, 5.41) is 12.2. The van der Waals surface area contributed by atoms with Crippen LogP contribution in [0, 0.1) is 0 Å². The molecule has 2 rings (SSSR count). The van der Waals surface area contributed by atoms with Gasteiger partial charge in [-0.2, -0.15) is 0 Å². The Morgan fingerprint density at radius 3 is 2.89 bits per heavy atom. The molecule has 1 heterocycles. The lowest BCUT2D eigenvalue weighted by Gasteiger charge is -2.22. The van der Waals surface area contributed by atoms with Gasteiger partial charge in [0.25, 0.3) is 0 Å². The van der Waals surface area contributed by atoms with Crippen LogP contribution in [0.2, 0.25) is 0 Å². The Hall–Kier alpha value is -1.46. The molecule has 0 fully saturated rings. The van der Waals surface area contributed by atoms with E-state index in [1.807, 2.05) is 19.1 Å². The Bertz CT molecular complexity index is 391. The number of benzene rings is 1. The van der Waals surface area contributed by atoms with E-state index >= 15 is 0 Å². The van der Waals surface area contributed by atoms with Crippen LogP contribution in [0.4, 0.5) is 0 Å². The number of nitrogens with one attached hydrogen (secondary N) is 1. The Morgan fingerprint density at radius 1 is 1.39 bits per heavy atom. The van der Waals surface area contributed by atoms with Gasteiger partial charge in [-0.1, -0.05) is 0 Å². The lowest BCUT2D eigenvalue weighted by Crippen LogP contribution is -2.28. The molecule has 0 spiro atoms. The summed E-state index contributed by atoms with van der Waals surface area (Å²) < 4.78 is 16.4. The van der Waals surface area contributed by atoms with Gasteiger partial charge < -0.3 is 24.6 Å². The molecule has 0 saturated carbocycles. The summed E-state index contributed by atoms with van der Waals surface area (Å²) in [5.74, 6) is 2.07. The van der Waals surface area contributed by atoms with Crippen molar-refractivity contribution in [2.75, 3.05) is 26.9 Å². The quantitative estimate of drug-likeness (QED) is 0.817. The predicted octanol–water partition coefficient (Wildman–Crippen LogP) is 0.937. The number of methoxy groups -OCH3 is 1. The molecule has 1 aliphatic rings. The standard InChI is InChI=1S/C13H19NO4/c1-9(8-15)14-7-10-5-11(16-2)13-12(6-10)17-3-4-18-13/h5-6,9,14-15H,3-4,7-8H2,1-2H3. The first kappa shape index (κ1) is 13.0. The van der Waals surface area contributed by atoms with Crippen molar-refractivity contribution in [2.24, 2.45) is 0 Å². The van der Waals surface area contributed by atoms with Crippen molar-refractivity contribution >= 4 is 0 Å². The van der Waals surface area contributed by atoms with Crippen molar-refractivity contribution in [2.45, 2.75) is 19.5 Å². The van der Waals surface area contributed by atoms with Crippen LogP contribution in [0.3, 0.4) is 0 Å². The zero-order chi connectivity index (χ0) is 13.0. The Balaban J connectivity index is 2.16. The summed E-state index contributed by atoms with van der Waals surface area (Å²) in [6.45, 7) is 3.79. The zero-order valence-electron chi connectivity index (χ0n) is 10.7. The van der Waals surface area contributed by atoms with E-state index in [2.05, 4.69) is 5.32 Å². The second-order valence-electron chi connectivity index (χ2n) is 4.29. The van der Waals surface area contributed by atoms with Gasteiger partial charge in [0.05, 0.1) is 13.7 Å². The third-order valence-electron chi connectivity index (χ3n) is 2.82. The normalized spacial score (nSPS) is 15.3. The summed E-state index contributed by atoms with van der Waals surface area (Å²) in [5.41, 5.74) is 1.04. The third-order valence-corrected chi connectivity index (χ3v) is 2.82. The topological polar surface area (TPSA) is 60.0 Å². The van der Waals surface area contributed by atoms with Crippen molar-refractivity contribution in [3.8, 4) is 17.2 Å². The molecule has 2 N–H and O–H groups in total. The third kappa shape index (κ3) is 2.86. The monoisotopic (exact) mass is 253 g/mol. The predicted molar refractivity (Wildman–Crippen MR) is 67.4 cm³/mol. The van der Waals surface area contributed by atoms with Crippen LogP contribution in [0.5, 0.6) is 17.2 Å². The Kier molecular flexibility index (Phi) is 4.28. The van der Waals surface area contributed by atoms with Gasteiger partial charge in [-0.05, 0) is 24.6 Å². The van der Waals surface area contributed by atoms with Gasteiger partial charge in [-0.25, -0.2) is 0 Å².